The zero-order chi connectivity index (χ0) is 14.1. The molecule has 3 amide bonds. The van der Waals surface area contributed by atoms with Gasteiger partial charge in [0.15, 0.2) is 0 Å². The van der Waals surface area contributed by atoms with Gasteiger partial charge >= 0.3 is 18.0 Å². The van der Waals surface area contributed by atoms with Gasteiger partial charge in [-0.15, -0.1) is 0 Å². The van der Waals surface area contributed by atoms with Gasteiger partial charge in [-0.05, 0) is 13.8 Å². The number of amides is 3. The van der Waals surface area contributed by atoms with Gasteiger partial charge in [-0.1, -0.05) is 0 Å². The van der Waals surface area contributed by atoms with Gasteiger partial charge in [-0.3, -0.25) is 14.9 Å². The highest BCUT2D eigenvalue weighted by Crippen LogP contribution is 1.90. The second-order valence-electron chi connectivity index (χ2n) is 3.39. The summed E-state index contributed by atoms with van der Waals surface area (Å²) in [4.78, 5) is 43.6. The first-order chi connectivity index (χ1) is 8.36. The van der Waals surface area contributed by atoms with Crippen LogP contribution >= 0.6 is 0 Å². The van der Waals surface area contributed by atoms with Crippen molar-refractivity contribution < 1.29 is 29.0 Å². The first-order valence-electron chi connectivity index (χ1n) is 5.35. The van der Waals surface area contributed by atoms with Crippen molar-refractivity contribution in [2.45, 2.75) is 32.7 Å². The van der Waals surface area contributed by atoms with E-state index >= 15 is 0 Å². The van der Waals surface area contributed by atoms with Crippen LogP contribution in [0.15, 0.2) is 0 Å². The highest BCUT2D eigenvalue weighted by atomic mass is 16.5. The van der Waals surface area contributed by atoms with Crippen molar-refractivity contribution in [2.75, 3.05) is 6.61 Å². The third kappa shape index (κ3) is 7.20. The molecule has 3 N–H and O–H groups in total. The minimum absolute atomic E-state index is 0.185. The van der Waals surface area contributed by atoms with Crippen molar-refractivity contribution in [1.82, 2.24) is 10.6 Å². The van der Waals surface area contributed by atoms with Gasteiger partial charge in [0.2, 0.25) is 5.91 Å². The molecule has 0 aromatic heterocycles. The summed E-state index contributed by atoms with van der Waals surface area (Å²) in [5, 5.41) is 12.4. The van der Waals surface area contributed by atoms with Crippen LogP contribution in [0.5, 0.6) is 0 Å². The van der Waals surface area contributed by atoms with Gasteiger partial charge < -0.3 is 15.2 Å². The fourth-order valence-corrected chi connectivity index (χ4v) is 0.969. The molecule has 0 fully saturated rings. The molecule has 0 aromatic rings. The SMILES string of the molecule is CCOC(=O)C(C)NC(=O)NC(=O)CCC(=O)O. The largest absolute Gasteiger partial charge is 0.481 e. The lowest BCUT2D eigenvalue weighted by Crippen LogP contribution is -2.46. The average Bonchev–Trinajstić information content (AvgIpc) is 2.26. The molecule has 0 saturated carbocycles. The molecule has 0 rings (SSSR count). The molecule has 18 heavy (non-hydrogen) atoms. The van der Waals surface area contributed by atoms with Gasteiger partial charge in [0, 0.05) is 6.42 Å². The Kier molecular flexibility index (Phi) is 7.10. The molecule has 1 atom stereocenters. The molecule has 0 radical (unpaired) electrons. The average molecular weight is 260 g/mol. The zero-order valence-corrected chi connectivity index (χ0v) is 10.2. The number of carbonyl (C=O) groups excluding carboxylic acids is 3. The Morgan fingerprint density at radius 3 is 2.33 bits per heavy atom. The van der Waals surface area contributed by atoms with E-state index in [9.17, 15) is 19.2 Å². The summed E-state index contributed by atoms with van der Waals surface area (Å²) >= 11 is 0. The van der Waals surface area contributed by atoms with Crippen LogP contribution in [0.3, 0.4) is 0 Å². The summed E-state index contributed by atoms with van der Waals surface area (Å²) < 4.78 is 4.64. The highest BCUT2D eigenvalue weighted by molar-refractivity contribution is 5.96. The molecule has 8 heteroatoms. The van der Waals surface area contributed by atoms with Crippen LogP contribution in [-0.4, -0.2) is 41.6 Å². The van der Waals surface area contributed by atoms with E-state index in [-0.39, 0.29) is 19.4 Å². The predicted molar refractivity (Wildman–Crippen MR) is 59.6 cm³/mol. The number of carboxylic acid groups (broad SMARTS) is 1. The molecule has 0 heterocycles. The Balaban J connectivity index is 3.99. The molecular weight excluding hydrogens is 244 g/mol. The van der Waals surface area contributed by atoms with E-state index in [0.29, 0.717) is 0 Å². The number of esters is 1. The van der Waals surface area contributed by atoms with E-state index in [1.54, 1.807) is 6.92 Å². The standard InChI is InChI=1S/C10H16N2O6/c1-3-18-9(16)6(2)11-10(17)12-7(13)4-5-8(14)15/h6H,3-5H2,1-2H3,(H,14,15)(H2,11,12,13,17). The Labute approximate surface area is 104 Å². The smallest absolute Gasteiger partial charge is 0.328 e. The van der Waals surface area contributed by atoms with Crippen molar-refractivity contribution in [2.24, 2.45) is 0 Å². The van der Waals surface area contributed by atoms with Gasteiger partial charge in [0.25, 0.3) is 0 Å². The molecule has 0 aliphatic carbocycles. The maximum atomic E-state index is 11.2. The summed E-state index contributed by atoms with van der Waals surface area (Å²) in [5.74, 6) is -2.48. The summed E-state index contributed by atoms with van der Waals surface area (Å²) in [6.45, 7) is 3.21. The number of nitrogens with one attached hydrogen (secondary N) is 2. The highest BCUT2D eigenvalue weighted by Gasteiger charge is 2.17. The lowest BCUT2D eigenvalue weighted by Gasteiger charge is -2.12. The molecule has 1 unspecified atom stereocenters. The van der Waals surface area contributed by atoms with Crippen molar-refractivity contribution in [1.29, 1.82) is 0 Å². The summed E-state index contributed by atoms with van der Waals surface area (Å²) in [6, 6.07) is -1.76. The second kappa shape index (κ2) is 8.04. The molecule has 8 nitrogen and oxygen atoms in total. The van der Waals surface area contributed by atoms with Crippen LogP contribution in [-0.2, 0) is 19.1 Å². The minimum atomic E-state index is -1.13. The van der Waals surface area contributed by atoms with Crippen LogP contribution in [0.1, 0.15) is 26.7 Å². The number of hydrogen-bond acceptors (Lipinski definition) is 5. The van der Waals surface area contributed by atoms with Crippen molar-refractivity contribution >= 4 is 23.9 Å². The van der Waals surface area contributed by atoms with E-state index < -0.39 is 29.9 Å². The number of hydrogen-bond donors (Lipinski definition) is 3. The summed E-state index contributed by atoms with van der Waals surface area (Å²) in [5.41, 5.74) is 0. The van der Waals surface area contributed by atoms with Crippen LogP contribution in [0.2, 0.25) is 0 Å². The minimum Gasteiger partial charge on any atom is -0.481 e. The number of ether oxygens (including phenoxy) is 1. The first-order valence-corrected chi connectivity index (χ1v) is 5.35. The molecule has 0 spiro atoms. The van der Waals surface area contributed by atoms with Crippen LogP contribution in [0.4, 0.5) is 4.79 Å². The number of imide groups is 1. The second-order valence-corrected chi connectivity index (χ2v) is 3.39. The molecule has 102 valence electrons. The fourth-order valence-electron chi connectivity index (χ4n) is 0.969. The Bertz CT molecular complexity index is 341. The van der Waals surface area contributed by atoms with Gasteiger partial charge in [-0.25, -0.2) is 9.59 Å². The Hall–Kier alpha value is -2.12. The molecule has 0 bridgehead atoms. The molecular formula is C10H16N2O6. The Morgan fingerprint density at radius 2 is 1.83 bits per heavy atom. The predicted octanol–water partition coefficient (Wildman–Crippen LogP) is -0.371. The first kappa shape index (κ1) is 15.9. The number of urea groups is 1. The summed E-state index contributed by atoms with van der Waals surface area (Å²) in [7, 11) is 0. The Morgan fingerprint density at radius 1 is 1.22 bits per heavy atom. The van der Waals surface area contributed by atoms with E-state index in [0.717, 1.165) is 0 Å². The van der Waals surface area contributed by atoms with Crippen molar-refractivity contribution in [3.63, 3.8) is 0 Å². The molecule has 0 aromatic carbocycles. The van der Waals surface area contributed by atoms with Gasteiger partial charge in [-0.2, -0.15) is 0 Å². The number of rotatable bonds is 6. The molecule has 0 saturated heterocycles. The third-order valence-corrected chi connectivity index (χ3v) is 1.81. The number of carbonyl (C=O) groups is 4. The fraction of sp³-hybridized carbons (Fsp3) is 0.600. The quantitative estimate of drug-likeness (QED) is 0.560. The maximum absolute atomic E-state index is 11.2. The van der Waals surface area contributed by atoms with Crippen LogP contribution in [0.25, 0.3) is 0 Å². The van der Waals surface area contributed by atoms with Gasteiger partial charge in [0.05, 0.1) is 13.0 Å². The molecule has 0 aliphatic heterocycles. The topological polar surface area (TPSA) is 122 Å². The number of carboxylic acids is 1. The van der Waals surface area contributed by atoms with Crippen LogP contribution < -0.4 is 10.6 Å². The van der Waals surface area contributed by atoms with Crippen molar-refractivity contribution in [3.8, 4) is 0 Å². The third-order valence-electron chi connectivity index (χ3n) is 1.81. The van der Waals surface area contributed by atoms with E-state index in [2.05, 4.69) is 10.1 Å². The normalized spacial score (nSPS) is 11.2. The summed E-state index contributed by atoms with van der Waals surface area (Å²) in [6.07, 6.45) is -0.677. The van der Waals surface area contributed by atoms with E-state index in [1.165, 1.54) is 6.92 Å². The zero-order valence-electron chi connectivity index (χ0n) is 10.2. The van der Waals surface area contributed by atoms with Crippen LogP contribution in [0, 0.1) is 0 Å². The van der Waals surface area contributed by atoms with Gasteiger partial charge in [0.1, 0.15) is 6.04 Å². The lowest BCUT2D eigenvalue weighted by molar-refractivity contribution is -0.145. The van der Waals surface area contributed by atoms with E-state index in [1.807, 2.05) is 5.32 Å². The number of aliphatic carboxylic acids is 1. The lowest BCUT2D eigenvalue weighted by atomic mass is 10.3. The molecule has 0 aliphatic rings. The monoisotopic (exact) mass is 260 g/mol. The van der Waals surface area contributed by atoms with E-state index in [4.69, 9.17) is 5.11 Å². The van der Waals surface area contributed by atoms with Crippen molar-refractivity contribution in [3.05, 3.63) is 0 Å². The maximum Gasteiger partial charge on any atom is 0.328 e.